The predicted molar refractivity (Wildman–Crippen MR) is 204 cm³/mol. The van der Waals surface area contributed by atoms with Gasteiger partial charge in [0.15, 0.2) is 0 Å². The van der Waals surface area contributed by atoms with Crippen LogP contribution in [0.2, 0.25) is 0 Å². The molecule has 1 heterocycles. The van der Waals surface area contributed by atoms with Crippen LogP contribution in [0.4, 0.5) is 11.4 Å². The van der Waals surface area contributed by atoms with Gasteiger partial charge in [-0.05, 0) is 101 Å². The number of carbonyl (C=O) groups excluding carboxylic acids is 3. The fraction of sp³-hybridized carbons (Fsp3) is 0.450. The van der Waals surface area contributed by atoms with Gasteiger partial charge in [-0.1, -0.05) is 18.2 Å². The SMILES string of the molecule is Cc1ccc(NC(=O)c2ccc(NC(=O)c3ccccc3OCCCN)c(COCCCC(=O)O)c2)c(OCCCCCC(=O)N2CCN(C)CC2)c1. The second-order valence-corrected chi connectivity index (χ2v) is 13.2. The lowest BCUT2D eigenvalue weighted by atomic mass is 10.1. The zero-order valence-electron chi connectivity index (χ0n) is 30.9. The highest BCUT2D eigenvalue weighted by Gasteiger charge is 2.19. The highest BCUT2D eigenvalue weighted by molar-refractivity contribution is 6.08. The van der Waals surface area contributed by atoms with E-state index >= 15 is 0 Å². The van der Waals surface area contributed by atoms with E-state index in [-0.39, 0.29) is 31.4 Å². The Kier molecular flexibility index (Phi) is 16.6. The fourth-order valence-corrected chi connectivity index (χ4v) is 5.72. The van der Waals surface area contributed by atoms with Crippen molar-refractivity contribution in [2.75, 3.05) is 70.2 Å². The first-order valence-electron chi connectivity index (χ1n) is 18.3. The number of para-hydroxylation sites is 1. The number of rotatable bonds is 21. The number of likely N-dealkylation sites (N-methyl/N-ethyl adjacent to an activating group) is 1. The minimum atomic E-state index is -0.916. The molecule has 0 bridgehead atoms. The Morgan fingerprint density at radius 3 is 2.25 bits per heavy atom. The lowest BCUT2D eigenvalue weighted by Crippen LogP contribution is -2.47. The molecule has 0 saturated carbocycles. The summed E-state index contributed by atoms with van der Waals surface area (Å²) in [7, 11) is 2.07. The van der Waals surface area contributed by atoms with Crippen LogP contribution in [0, 0.1) is 6.92 Å². The van der Waals surface area contributed by atoms with Gasteiger partial charge in [0.25, 0.3) is 11.8 Å². The number of hydrogen-bond acceptors (Lipinski definition) is 9. The van der Waals surface area contributed by atoms with Gasteiger partial charge in [-0.15, -0.1) is 0 Å². The van der Waals surface area contributed by atoms with E-state index in [1.54, 1.807) is 48.5 Å². The number of nitrogens with zero attached hydrogens (tertiary/aromatic N) is 2. The van der Waals surface area contributed by atoms with Gasteiger partial charge in [0, 0.05) is 62.4 Å². The molecule has 0 aliphatic carbocycles. The van der Waals surface area contributed by atoms with Crippen LogP contribution < -0.4 is 25.8 Å². The van der Waals surface area contributed by atoms with Gasteiger partial charge in [0.1, 0.15) is 11.5 Å². The van der Waals surface area contributed by atoms with Crippen LogP contribution in [-0.2, 0) is 20.9 Å². The lowest BCUT2D eigenvalue weighted by molar-refractivity contribution is -0.137. The summed E-state index contributed by atoms with van der Waals surface area (Å²) in [6.07, 6.45) is 3.86. The predicted octanol–water partition coefficient (Wildman–Crippen LogP) is 5.32. The topological polar surface area (TPSA) is 173 Å². The quantitative estimate of drug-likeness (QED) is 0.105. The molecule has 0 aromatic heterocycles. The minimum absolute atomic E-state index is 0.0326. The first kappa shape index (κ1) is 40.8. The Labute approximate surface area is 311 Å². The summed E-state index contributed by atoms with van der Waals surface area (Å²) < 4.78 is 17.7. The van der Waals surface area contributed by atoms with E-state index in [1.165, 1.54) is 0 Å². The lowest BCUT2D eigenvalue weighted by Gasteiger charge is -2.32. The number of carboxylic acid groups (broad SMARTS) is 1. The molecule has 5 N–H and O–H groups in total. The van der Waals surface area contributed by atoms with Crippen LogP contribution in [0.25, 0.3) is 0 Å². The van der Waals surface area contributed by atoms with Gasteiger partial charge in [0.2, 0.25) is 5.91 Å². The molecule has 3 aromatic carbocycles. The number of piperazine rings is 1. The van der Waals surface area contributed by atoms with Crippen LogP contribution >= 0.6 is 0 Å². The van der Waals surface area contributed by atoms with E-state index in [2.05, 4.69) is 22.6 Å². The molecule has 4 rings (SSSR count). The van der Waals surface area contributed by atoms with Gasteiger partial charge < -0.3 is 45.5 Å². The van der Waals surface area contributed by atoms with Crippen molar-refractivity contribution in [3.8, 4) is 11.5 Å². The summed E-state index contributed by atoms with van der Waals surface area (Å²) in [5.41, 5.74) is 8.72. The second kappa shape index (κ2) is 21.5. The van der Waals surface area contributed by atoms with E-state index in [0.717, 1.165) is 51.0 Å². The summed E-state index contributed by atoms with van der Waals surface area (Å²) in [5, 5.41) is 14.9. The van der Waals surface area contributed by atoms with Crippen molar-refractivity contribution in [1.82, 2.24) is 9.80 Å². The Bertz CT molecular complexity index is 1670. The monoisotopic (exact) mass is 731 g/mol. The van der Waals surface area contributed by atoms with Crippen molar-refractivity contribution >= 4 is 35.1 Å². The number of benzene rings is 3. The van der Waals surface area contributed by atoms with Crippen LogP contribution in [0.15, 0.2) is 60.7 Å². The maximum atomic E-state index is 13.6. The zero-order valence-corrected chi connectivity index (χ0v) is 30.9. The molecule has 0 unspecified atom stereocenters. The first-order chi connectivity index (χ1) is 25.6. The minimum Gasteiger partial charge on any atom is -0.493 e. The Balaban J connectivity index is 1.39. The number of anilines is 2. The van der Waals surface area contributed by atoms with Gasteiger partial charge in [0.05, 0.1) is 31.1 Å². The molecule has 13 nitrogen and oxygen atoms in total. The number of hydrogen-bond donors (Lipinski definition) is 4. The van der Waals surface area contributed by atoms with Crippen molar-refractivity contribution in [3.63, 3.8) is 0 Å². The molecule has 0 radical (unpaired) electrons. The molecule has 3 amide bonds. The number of aryl methyl sites for hydroxylation is 1. The number of ether oxygens (including phenoxy) is 3. The average Bonchev–Trinajstić information content (AvgIpc) is 3.14. The van der Waals surface area contributed by atoms with Gasteiger partial charge in [-0.3, -0.25) is 19.2 Å². The van der Waals surface area contributed by atoms with Crippen molar-refractivity contribution in [2.24, 2.45) is 5.73 Å². The number of unbranched alkanes of at least 4 members (excludes halogenated alkanes) is 2. The van der Waals surface area contributed by atoms with Gasteiger partial charge in [-0.25, -0.2) is 0 Å². The number of aliphatic carboxylic acids is 1. The summed E-state index contributed by atoms with van der Waals surface area (Å²) in [5.74, 6) is -0.524. The van der Waals surface area contributed by atoms with Gasteiger partial charge >= 0.3 is 5.97 Å². The van der Waals surface area contributed by atoms with Crippen LogP contribution in [0.1, 0.15) is 76.8 Å². The number of amides is 3. The van der Waals surface area contributed by atoms with Crippen LogP contribution in [0.5, 0.6) is 11.5 Å². The third-order valence-corrected chi connectivity index (χ3v) is 8.82. The molecular formula is C40H53N5O8. The van der Waals surface area contributed by atoms with Crippen molar-refractivity contribution in [1.29, 1.82) is 0 Å². The summed E-state index contributed by atoms with van der Waals surface area (Å²) in [6, 6.07) is 17.4. The largest absolute Gasteiger partial charge is 0.493 e. The Morgan fingerprint density at radius 1 is 0.755 bits per heavy atom. The number of carboxylic acids is 1. The van der Waals surface area contributed by atoms with Crippen LogP contribution in [0.3, 0.4) is 0 Å². The number of carbonyl (C=O) groups is 4. The summed E-state index contributed by atoms with van der Waals surface area (Å²) >= 11 is 0. The Hall–Kier alpha value is -4.98. The molecule has 13 heteroatoms. The zero-order chi connectivity index (χ0) is 38.0. The van der Waals surface area contributed by atoms with Crippen molar-refractivity contribution < 1.29 is 38.5 Å². The fourth-order valence-electron chi connectivity index (χ4n) is 5.72. The summed E-state index contributed by atoms with van der Waals surface area (Å²) in [6.45, 7) is 6.82. The molecule has 286 valence electrons. The number of nitrogens with one attached hydrogen (secondary N) is 2. The van der Waals surface area contributed by atoms with Gasteiger partial charge in [-0.2, -0.15) is 0 Å². The second-order valence-electron chi connectivity index (χ2n) is 13.2. The first-order valence-corrected chi connectivity index (χ1v) is 18.3. The molecule has 1 aliphatic rings. The average molecular weight is 732 g/mol. The molecule has 1 aliphatic heterocycles. The highest BCUT2D eigenvalue weighted by Crippen LogP contribution is 2.28. The standard InChI is InChI=1S/C40H53N5O8/c1-29-14-16-34(36(26-29)53-24-7-3-4-12-37(46)45-21-19-44(2)20-22-45)43-39(49)30-15-17-33(31(27-30)28-51-23-8-13-38(47)48)42-40(50)32-10-5-6-11-35(32)52-25-9-18-41/h5-6,10-11,14-17,26-27H,3-4,7-9,12-13,18-25,28,41H2,1-2H3,(H,42,50)(H,43,49)(H,47,48). The maximum Gasteiger partial charge on any atom is 0.303 e. The maximum absolute atomic E-state index is 13.6. The normalized spacial score (nSPS) is 13.0. The molecule has 1 fully saturated rings. The third kappa shape index (κ3) is 13.5. The van der Waals surface area contributed by atoms with E-state index in [1.807, 2.05) is 24.0 Å². The Morgan fingerprint density at radius 2 is 1.47 bits per heavy atom. The van der Waals surface area contributed by atoms with Crippen molar-refractivity contribution in [3.05, 3.63) is 82.9 Å². The molecule has 3 aromatic rings. The smallest absolute Gasteiger partial charge is 0.303 e. The molecule has 0 atom stereocenters. The third-order valence-electron chi connectivity index (χ3n) is 8.82. The molecule has 53 heavy (non-hydrogen) atoms. The van der Waals surface area contributed by atoms with E-state index in [9.17, 15) is 19.2 Å². The van der Waals surface area contributed by atoms with Crippen molar-refractivity contribution in [2.45, 2.75) is 58.5 Å². The summed E-state index contributed by atoms with van der Waals surface area (Å²) in [4.78, 5) is 54.7. The number of nitrogens with two attached hydrogens (primary N) is 1. The van der Waals surface area contributed by atoms with E-state index in [4.69, 9.17) is 25.1 Å². The van der Waals surface area contributed by atoms with E-state index in [0.29, 0.717) is 78.6 Å². The highest BCUT2D eigenvalue weighted by atomic mass is 16.5. The van der Waals surface area contributed by atoms with Crippen LogP contribution in [-0.4, -0.2) is 98.2 Å². The molecule has 0 spiro atoms. The van der Waals surface area contributed by atoms with E-state index < -0.39 is 11.9 Å². The molecular weight excluding hydrogens is 678 g/mol. The molecule has 1 saturated heterocycles.